The lowest BCUT2D eigenvalue weighted by Crippen LogP contribution is -2.17. The molecule has 96 valence electrons. The fraction of sp³-hybridized carbons (Fsp3) is 0.538. The minimum absolute atomic E-state index is 0.303. The zero-order valence-electron chi connectivity index (χ0n) is 10.6. The van der Waals surface area contributed by atoms with E-state index in [1.165, 1.54) is 28.7 Å². The number of aromatic nitrogens is 2. The van der Waals surface area contributed by atoms with Gasteiger partial charge in [-0.15, -0.1) is 22.9 Å². The van der Waals surface area contributed by atoms with Crippen LogP contribution in [-0.2, 0) is 0 Å². The molecule has 3 nitrogen and oxygen atoms in total. The first-order chi connectivity index (χ1) is 8.65. The third-order valence-electron chi connectivity index (χ3n) is 3.84. The summed E-state index contributed by atoms with van der Waals surface area (Å²) in [6.45, 7) is 5.18. The van der Waals surface area contributed by atoms with Gasteiger partial charge in [0.15, 0.2) is 0 Å². The van der Waals surface area contributed by atoms with Crippen molar-refractivity contribution in [3.63, 3.8) is 0 Å². The molecule has 0 amide bonds. The van der Waals surface area contributed by atoms with Crippen LogP contribution in [0.4, 0.5) is 5.82 Å². The Labute approximate surface area is 116 Å². The number of aryl methyl sites for hydroxylation is 2. The molecule has 18 heavy (non-hydrogen) atoms. The van der Waals surface area contributed by atoms with Crippen molar-refractivity contribution >= 4 is 39.0 Å². The Kier molecular flexibility index (Phi) is 2.94. The summed E-state index contributed by atoms with van der Waals surface area (Å²) < 4.78 is 0. The summed E-state index contributed by atoms with van der Waals surface area (Å²) in [5.74, 6) is 1.69. The van der Waals surface area contributed by atoms with E-state index in [-0.39, 0.29) is 0 Å². The summed E-state index contributed by atoms with van der Waals surface area (Å²) in [7, 11) is 0. The van der Waals surface area contributed by atoms with Gasteiger partial charge in [-0.05, 0) is 32.3 Å². The highest BCUT2D eigenvalue weighted by atomic mass is 35.5. The predicted octanol–water partition coefficient (Wildman–Crippen LogP) is 3.74. The van der Waals surface area contributed by atoms with Crippen LogP contribution in [0.5, 0.6) is 0 Å². The van der Waals surface area contributed by atoms with Crippen molar-refractivity contribution in [1.82, 2.24) is 9.97 Å². The van der Waals surface area contributed by atoms with Crippen LogP contribution in [0.1, 0.15) is 23.3 Å². The number of anilines is 1. The van der Waals surface area contributed by atoms with E-state index in [9.17, 15) is 0 Å². The number of thiophene rings is 1. The molecule has 0 radical (unpaired) electrons. The molecule has 0 atom stereocenters. The fourth-order valence-corrected chi connectivity index (χ4v) is 3.48. The topological polar surface area (TPSA) is 37.8 Å². The van der Waals surface area contributed by atoms with E-state index in [1.54, 1.807) is 17.7 Å². The van der Waals surface area contributed by atoms with Crippen molar-refractivity contribution in [2.45, 2.75) is 26.7 Å². The third kappa shape index (κ3) is 1.97. The zero-order chi connectivity index (χ0) is 12.8. The van der Waals surface area contributed by atoms with E-state index in [4.69, 9.17) is 11.6 Å². The van der Waals surface area contributed by atoms with Gasteiger partial charge in [-0.2, -0.15) is 0 Å². The monoisotopic (exact) mass is 281 g/mol. The number of hydrogen-bond acceptors (Lipinski definition) is 4. The van der Waals surface area contributed by atoms with Gasteiger partial charge in [0.1, 0.15) is 17.0 Å². The van der Waals surface area contributed by atoms with Gasteiger partial charge in [-0.25, -0.2) is 9.97 Å². The summed E-state index contributed by atoms with van der Waals surface area (Å²) in [4.78, 5) is 11.1. The van der Waals surface area contributed by atoms with Crippen LogP contribution < -0.4 is 5.32 Å². The Balaban J connectivity index is 1.91. The minimum Gasteiger partial charge on any atom is -0.369 e. The average molecular weight is 282 g/mol. The maximum atomic E-state index is 6.00. The molecule has 2 aromatic heterocycles. The van der Waals surface area contributed by atoms with Gasteiger partial charge < -0.3 is 5.32 Å². The lowest BCUT2D eigenvalue weighted by atomic mass is 10.1. The van der Waals surface area contributed by atoms with Crippen LogP contribution in [-0.4, -0.2) is 22.4 Å². The first-order valence-electron chi connectivity index (χ1n) is 6.16. The largest absolute Gasteiger partial charge is 0.369 e. The fourth-order valence-electron chi connectivity index (χ4n) is 2.12. The van der Waals surface area contributed by atoms with Crippen molar-refractivity contribution in [1.29, 1.82) is 0 Å². The number of alkyl halides is 1. The van der Waals surface area contributed by atoms with Gasteiger partial charge in [0.05, 0.1) is 5.39 Å². The molecular formula is C13H16ClN3S. The third-order valence-corrected chi connectivity index (χ3v) is 5.52. The normalized spacial score (nSPS) is 17.1. The number of rotatable bonds is 4. The minimum atomic E-state index is 0.303. The van der Waals surface area contributed by atoms with Gasteiger partial charge in [0, 0.05) is 22.7 Å². The van der Waals surface area contributed by atoms with E-state index < -0.39 is 0 Å². The second kappa shape index (κ2) is 4.35. The molecule has 1 N–H and O–H groups in total. The van der Waals surface area contributed by atoms with Gasteiger partial charge in [-0.3, -0.25) is 0 Å². The lowest BCUT2D eigenvalue weighted by molar-refractivity contribution is 0.618. The molecule has 5 heteroatoms. The number of nitrogens with zero attached hydrogens (tertiary/aromatic N) is 2. The maximum Gasteiger partial charge on any atom is 0.138 e. The van der Waals surface area contributed by atoms with Crippen molar-refractivity contribution in [2.75, 3.05) is 17.7 Å². The first-order valence-corrected chi connectivity index (χ1v) is 7.51. The van der Waals surface area contributed by atoms with Crippen LogP contribution in [0.25, 0.3) is 10.2 Å². The molecule has 1 aliphatic rings. The second-order valence-corrected chi connectivity index (χ2v) is 6.64. The Morgan fingerprint density at radius 3 is 2.83 bits per heavy atom. The van der Waals surface area contributed by atoms with E-state index in [0.717, 1.165) is 23.1 Å². The Bertz CT molecular complexity index is 589. The molecule has 1 fully saturated rings. The van der Waals surface area contributed by atoms with E-state index in [1.807, 2.05) is 0 Å². The summed E-state index contributed by atoms with van der Waals surface area (Å²) in [6.07, 6.45) is 4.08. The average Bonchev–Trinajstić information content (AvgIpc) is 3.10. The number of fused-ring (bicyclic) bond motifs is 1. The predicted molar refractivity (Wildman–Crippen MR) is 77.8 cm³/mol. The van der Waals surface area contributed by atoms with E-state index in [2.05, 4.69) is 29.1 Å². The molecule has 0 spiro atoms. The summed E-state index contributed by atoms with van der Waals surface area (Å²) in [5.41, 5.74) is 1.59. The van der Waals surface area contributed by atoms with Gasteiger partial charge >= 0.3 is 0 Å². The van der Waals surface area contributed by atoms with Gasteiger partial charge in [0.25, 0.3) is 0 Å². The zero-order valence-corrected chi connectivity index (χ0v) is 12.2. The van der Waals surface area contributed by atoms with Crippen LogP contribution in [0.15, 0.2) is 6.33 Å². The number of halogens is 1. The lowest BCUT2D eigenvalue weighted by Gasteiger charge is -2.13. The smallest absolute Gasteiger partial charge is 0.138 e. The first kappa shape index (κ1) is 12.2. The van der Waals surface area contributed by atoms with Crippen molar-refractivity contribution in [3.05, 3.63) is 16.8 Å². The van der Waals surface area contributed by atoms with Gasteiger partial charge in [0.2, 0.25) is 0 Å². The molecule has 3 rings (SSSR count). The molecule has 1 saturated carbocycles. The summed E-state index contributed by atoms with van der Waals surface area (Å²) in [5, 5.41) is 4.64. The van der Waals surface area contributed by atoms with Gasteiger partial charge in [-0.1, -0.05) is 0 Å². The molecule has 1 aliphatic carbocycles. The molecular weight excluding hydrogens is 266 g/mol. The molecule has 0 aromatic carbocycles. The molecule has 2 aromatic rings. The maximum absolute atomic E-state index is 6.00. The number of nitrogens with one attached hydrogen (secondary N) is 1. The molecule has 0 unspecified atom stereocenters. The summed E-state index contributed by atoms with van der Waals surface area (Å²) in [6, 6.07) is 0. The summed E-state index contributed by atoms with van der Waals surface area (Å²) >= 11 is 7.74. The highest BCUT2D eigenvalue weighted by Gasteiger charge is 2.41. The van der Waals surface area contributed by atoms with Crippen molar-refractivity contribution in [2.24, 2.45) is 5.41 Å². The van der Waals surface area contributed by atoms with Crippen LogP contribution >= 0.6 is 22.9 Å². The SMILES string of the molecule is Cc1sc2ncnc(NCC3(CCl)CC3)c2c1C. The molecule has 2 heterocycles. The Morgan fingerprint density at radius 1 is 1.39 bits per heavy atom. The van der Waals surface area contributed by atoms with Crippen molar-refractivity contribution < 1.29 is 0 Å². The Morgan fingerprint density at radius 2 is 2.17 bits per heavy atom. The van der Waals surface area contributed by atoms with Crippen LogP contribution in [0, 0.1) is 19.3 Å². The van der Waals surface area contributed by atoms with E-state index >= 15 is 0 Å². The quantitative estimate of drug-likeness (QED) is 0.868. The van der Waals surface area contributed by atoms with Crippen LogP contribution in [0.2, 0.25) is 0 Å². The molecule has 0 saturated heterocycles. The highest BCUT2D eigenvalue weighted by molar-refractivity contribution is 7.18. The number of hydrogen-bond donors (Lipinski definition) is 1. The molecule has 0 bridgehead atoms. The van der Waals surface area contributed by atoms with Crippen molar-refractivity contribution in [3.8, 4) is 0 Å². The molecule has 0 aliphatic heterocycles. The standard InChI is InChI=1S/C13H16ClN3S/c1-8-9(2)18-12-10(8)11(16-7-17-12)15-6-13(5-14)3-4-13/h7H,3-6H2,1-2H3,(H,15,16,17). The van der Waals surface area contributed by atoms with Crippen LogP contribution in [0.3, 0.4) is 0 Å². The van der Waals surface area contributed by atoms with E-state index in [0.29, 0.717) is 5.41 Å². The Hall–Kier alpha value is -0.870. The highest BCUT2D eigenvalue weighted by Crippen LogP contribution is 2.46. The second-order valence-electron chi connectivity index (χ2n) is 5.17.